The van der Waals surface area contributed by atoms with Gasteiger partial charge in [0, 0.05) is 82.3 Å². The van der Waals surface area contributed by atoms with Crippen LogP contribution in [0.4, 0.5) is 35.9 Å². The summed E-state index contributed by atoms with van der Waals surface area (Å²) in [5.74, 6) is -0.558. The topological polar surface area (TPSA) is 128 Å². The van der Waals surface area contributed by atoms with Gasteiger partial charge < -0.3 is 34.2 Å². The Bertz CT molecular complexity index is 3020. The van der Waals surface area contributed by atoms with Gasteiger partial charge in [-0.3, -0.25) is 9.24 Å². The number of carbonyl (C=O) groups is 1. The minimum absolute atomic E-state index is 0.0100. The number of hydrogen-bond donors (Lipinski definition) is 2. The molecule has 2 atom stereocenters. The number of rotatable bonds is 17. The van der Waals surface area contributed by atoms with Crippen molar-refractivity contribution in [2.75, 3.05) is 85.5 Å². The summed E-state index contributed by atoms with van der Waals surface area (Å²) in [6.45, 7) is 9.33. The van der Waals surface area contributed by atoms with E-state index in [2.05, 4.69) is 19.7 Å². The van der Waals surface area contributed by atoms with Crippen molar-refractivity contribution in [3.05, 3.63) is 138 Å². The molecule has 376 valence electrons. The average molecular weight is 1050 g/mol. The predicted octanol–water partition coefficient (Wildman–Crippen LogP) is 11.6. The highest BCUT2D eigenvalue weighted by Gasteiger charge is 2.49. The van der Waals surface area contributed by atoms with Crippen molar-refractivity contribution in [3.63, 3.8) is 0 Å². The maximum absolute atomic E-state index is 14.9. The zero-order chi connectivity index (χ0) is 50.8. The standard InChI is InChI=1S/C52H57ClF3N6O6PS2/c1-35(2)62-36(3)48(51(63)64)49(50(62)37-14-16-39(53)17-15-37)38-10-9-11-43(32-38)60-28-26-59(27-29-60)41-18-20-42(21-19-41)61-30-31-68-69(61,65)44-22-23-46(47(33-44)71(66,67)52(54,55)56)57-40(24-25-58(4)5)34-70-45-12-7-6-8-13-45/h6-23,32-33,35,40,57H,24-31,34H2,1-5H3,(H,63,64)/t40-,69-/m1/s1. The number of carboxylic acid groups (broad SMARTS) is 1. The molecule has 0 aliphatic carbocycles. The number of hydrogen-bond acceptors (Lipinski definition) is 10. The van der Waals surface area contributed by atoms with Gasteiger partial charge in [-0.25, -0.2) is 13.2 Å². The molecule has 3 heterocycles. The third-order valence-corrected chi connectivity index (χ3v) is 18.3. The first-order valence-electron chi connectivity index (χ1n) is 23.3. The van der Waals surface area contributed by atoms with E-state index in [0.29, 0.717) is 66.9 Å². The molecule has 2 aliphatic heterocycles. The van der Waals surface area contributed by atoms with Crippen LogP contribution < -0.4 is 25.1 Å². The Kier molecular flexibility index (Phi) is 15.6. The van der Waals surface area contributed by atoms with Crippen molar-refractivity contribution in [1.82, 2.24) is 9.47 Å². The Balaban J connectivity index is 1.00. The fourth-order valence-corrected chi connectivity index (χ4v) is 13.7. The van der Waals surface area contributed by atoms with Crippen LogP contribution in [-0.2, 0) is 18.9 Å². The number of nitrogens with one attached hydrogen (secondary N) is 1. The number of halogens is 4. The van der Waals surface area contributed by atoms with Crippen LogP contribution in [0.5, 0.6) is 0 Å². The maximum atomic E-state index is 14.9. The molecule has 12 nitrogen and oxygen atoms in total. The van der Waals surface area contributed by atoms with Crippen molar-refractivity contribution in [3.8, 4) is 22.4 Å². The normalized spacial score (nSPS) is 17.1. The molecule has 0 spiro atoms. The number of nitrogens with zero attached hydrogens (tertiary/aromatic N) is 5. The summed E-state index contributed by atoms with van der Waals surface area (Å²) < 4.78 is 93.9. The van der Waals surface area contributed by atoms with Gasteiger partial charge in [0.15, 0.2) is 0 Å². The van der Waals surface area contributed by atoms with Crippen LogP contribution in [0.2, 0.25) is 5.02 Å². The number of aromatic carboxylic acids is 1. The van der Waals surface area contributed by atoms with Crippen LogP contribution in [0.1, 0.15) is 42.4 Å². The predicted molar refractivity (Wildman–Crippen MR) is 281 cm³/mol. The molecule has 2 aliphatic rings. The zero-order valence-corrected chi connectivity index (χ0v) is 43.3. The zero-order valence-electron chi connectivity index (χ0n) is 40.1. The first-order chi connectivity index (χ1) is 33.8. The van der Waals surface area contributed by atoms with Gasteiger partial charge in [-0.15, -0.1) is 11.8 Å². The highest BCUT2D eigenvalue weighted by atomic mass is 35.5. The lowest BCUT2D eigenvalue weighted by atomic mass is 9.96. The Morgan fingerprint density at radius 1 is 0.845 bits per heavy atom. The number of piperazine rings is 1. The molecular formula is C52H57ClF3N6O6PS2. The molecule has 0 radical (unpaired) electrons. The molecule has 0 bridgehead atoms. The highest BCUT2D eigenvalue weighted by molar-refractivity contribution is 7.99. The number of anilines is 4. The van der Waals surface area contributed by atoms with E-state index in [4.69, 9.17) is 16.1 Å². The smallest absolute Gasteiger partial charge is 0.478 e. The van der Waals surface area contributed by atoms with Crippen LogP contribution in [0.3, 0.4) is 0 Å². The summed E-state index contributed by atoms with van der Waals surface area (Å²) >= 11 is 7.77. The maximum Gasteiger partial charge on any atom is 0.501 e. The Morgan fingerprint density at radius 3 is 2.11 bits per heavy atom. The van der Waals surface area contributed by atoms with E-state index < -0.39 is 39.8 Å². The van der Waals surface area contributed by atoms with Crippen LogP contribution >= 0.6 is 30.9 Å². The second-order valence-corrected chi connectivity index (χ2v) is 23.9. The molecular weight excluding hydrogens is 992 g/mol. The monoisotopic (exact) mass is 1050 g/mol. The molecule has 71 heavy (non-hydrogen) atoms. The van der Waals surface area contributed by atoms with Gasteiger partial charge in [-0.05, 0) is 138 Å². The van der Waals surface area contributed by atoms with Crippen LogP contribution in [0.15, 0.2) is 131 Å². The molecule has 2 saturated heterocycles. The first-order valence-corrected chi connectivity index (χ1v) is 27.7. The summed E-state index contributed by atoms with van der Waals surface area (Å²) in [6.07, 6.45) is 0.507. The van der Waals surface area contributed by atoms with Crippen LogP contribution in [-0.4, -0.2) is 106 Å². The van der Waals surface area contributed by atoms with Crippen LogP contribution in [0, 0.1) is 6.92 Å². The number of sulfone groups is 1. The van der Waals surface area contributed by atoms with Gasteiger partial charge in [-0.2, -0.15) is 13.2 Å². The molecule has 19 heteroatoms. The number of benzene rings is 5. The Hall–Kier alpha value is -5.42. The third-order valence-electron chi connectivity index (χ3n) is 12.8. The van der Waals surface area contributed by atoms with E-state index in [-0.39, 0.29) is 35.7 Å². The molecule has 6 aromatic rings. The van der Waals surface area contributed by atoms with Gasteiger partial charge in [-0.1, -0.05) is 54.1 Å². The number of carboxylic acids is 1. The van der Waals surface area contributed by atoms with E-state index in [1.807, 2.05) is 119 Å². The average Bonchev–Trinajstić information content (AvgIpc) is 3.90. The Morgan fingerprint density at radius 2 is 1.49 bits per heavy atom. The highest BCUT2D eigenvalue weighted by Crippen LogP contribution is 2.56. The van der Waals surface area contributed by atoms with Gasteiger partial charge in [0.25, 0.3) is 9.84 Å². The van der Waals surface area contributed by atoms with Crippen molar-refractivity contribution >= 4 is 74.7 Å². The lowest BCUT2D eigenvalue weighted by Crippen LogP contribution is -2.46. The van der Waals surface area contributed by atoms with Gasteiger partial charge in [0.1, 0.15) is 4.90 Å². The van der Waals surface area contributed by atoms with Gasteiger partial charge in [0.05, 0.1) is 35.4 Å². The quantitative estimate of drug-likeness (QED) is 0.0667. The Labute approximate surface area is 422 Å². The molecule has 1 aromatic heterocycles. The summed E-state index contributed by atoms with van der Waals surface area (Å²) in [6, 6.07) is 35.4. The van der Waals surface area contributed by atoms with Crippen molar-refractivity contribution < 1.29 is 40.6 Å². The molecule has 2 fully saturated rings. The number of aromatic nitrogens is 1. The molecule has 0 unspecified atom stereocenters. The van der Waals surface area contributed by atoms with E-state index in [9.17, 15) is 36.1 Å². The molecule has 0 saturated carbocycles. The van der Waals surface area contributed by atoms with Crippen LogP contribution in [0.25, 0.3) is 22.4 Å². The first kappa shape index (κ1) is 51.9. The molecule has 0 amide bonds. The lowest BCUT2D eigenvalue weighted by molar-refractivity contribution is -0.0435. The van der Waals surface area contributed by atoms with E-state index in [0.717, 1.165) is 39.2 Å². The van der Waals surface area contributed by atoms with E-state index >= 15 is 0 Å². The third kappa shape index (κ3) is 11.0. The summed E-state index contributed by atoms with van der Waals surface area (Å²) in [5.41, 5.74) is 0.550. The lowest BCUT2D eigenvalue weighted by Gasteiger charge is -2.37. The number of alkyl halides is 3. The number of thioether (sulfide) groups is 1. The summed E-state index contributed by atoms with van der Waals surface area (Å²) in [4.78, 5) is 19.3. The molecule has 2 N–H and O–H groups in total. The van der Waals surface area contributed by atoms with Crippen molar-refractivity contribution in [2.24, 2.45) is 0 Å². The second-order valence-electron chi connectivity index (χ2n) is 18.2. The minimum atomic E-state index is -5.90. The largest absolute Gasteiger partial charge is 0.501 e. The van der Waals surface area contributed by atoms with Crippen molar-refractivity contribution in [1.29, 1.82) is 0 Å². The molecule has 5 aromatic carbocycles. The summed E-state index contributed by atoms with van der Waals surface area (Å²) in [5, 5.41) is 14.1. The van der Waals surface area contributed by atoms with Gasteiger partial charge in [0.2, 0.25) is 0 Å². The minimum Gasteiger partial charge on any atom is -0.478 e. The fraction of sp³-hybridized carbons (Fsp3) is 0.327. The van der Waals surface area contributed by atoms with E-state index in [1.165, 1.54) is 28.6 Å². The molecule has 8 rings (SSSR count). The van der Waals surface area contributed by atoms with E-state index in [1.54, 1.807) is 24.3 Å². The fourth-order valence-electron chi connectivity index (χ4n) is 9.35. The second kappa shape index (κ2) is 21.3. The van der Waals surface area contributed by atoms with Gasteiger partial charge >= 0.3 is 19.0 Å². The van der Waals surface area contributed by atoms with Crippen molar-refractivity contribution in [2.45, 2.75) is 54.6 Å². The SMILES string of the molecule is Cc1c(C(=O)O)c(-c2cccc(N3CCN(c4ccc(N5CCO[P@]5(=O)c5ccc(N[C@H](CCN(C)C)CSc6ccccc6)c(S(=O)(=O)C(F)(F)F)c5)cc4)CC3)c2)c(-c2ccc(Cl)cc2)n1C(C)C. The summed E-state index contributed by atoms with van der Waals surface area (Å²) in [7, 11) is -6.22.